The van der Waals surface area contributed by atoms with Crippen LogP contribution in [0.25, 0.3) is 22.2 Å². The van der Waals surface area contributed by atoms with Crippen LogP contribution in [0.3, 0.4) is 0 Å². The van der Waals surface area contributed by atoms with Crippen molar-refractivity contribution in [1.82, 2.24) is 4.98 Å². The highest BCUT2D eigenvalue weighted by Crippen LogP contribution is 2.34. The van der Waals surface area contributed by atoms with Crippen LogP contribution in [0.15, 0.2) is 36.4 Å². The van der Waals surface area contributed by atoms with E-state index in [0.29, 0.717) is 10.6 Å². The molecule has 3 aromatic rings. The molecular formula is C18H16ClNO. The van der Waals surface area contributed by atoms with E-state index in [1.807, 2.05) is 18.2 Å². The average Bonchev–Trinajstić information content (AvgIpc) is 2.79. The Labute approximate surface area is 128 Å². The molecule has 0 fully saturated rings. The first-order chi connectivity index (χ1) is 9.97. The van der Waals surface area contributed by atoms with Crippen LogP contribution in [-0.2, 0) is 0 Å². The van der Waals surface area contributed by atoms with Crippen LogP contribution in [-0.4, -0.2) is 10.8 Å². The number of ketones is 1. The van der Waals surface area contributed by atoms with Gasteiger partial charge in [-0.05, 0) is 50.6 Å². The Morgan fingerprint density at radius 3 is 2.57 bits per heavy atom. The van der Waals surface area contributed by atoms with E-state index in [1.54, 1.807) is 6.92 Å². The summed E-state index contributed by atoms with van der Waals surface area (Å²) >= 11 is 6.08. The lowest BCUT2D eigenvalue weighted by Gasteiger charge is -2.07. The topological polar surface area (TPSA) is 32.9 Å². The zero-order valence-corrected chi connectivity index (χ0v) is 13.0. The van der Waals surface area contributed by atoms with Gasteiger partial charge in [0, 0.05) is 21.5 Å². The summed E-state index contributed by atoms with van der Waals surface area (Å²) in [7, 11) is 0. The van der Waals surface area contributed by atoms with Gasteiger partial charge in [0.1, 0.15) is 0 Å². The van der Waals surface area contributed by atoms with Gasteiger partial charge < -0.3 is 4.98 Å². The SMILES string of the molecule is CC(=O)c1c(-c2cc(C)ccc2C)[nH]c2ccc(Cl)cc12. The van der Waals surface area contributed by atoms with E-state index in [4.69, 9.17) is 11.6 Å². The molecule has 1 heterocycles. The summed E-state index contributed by atoms with van der Waals surface area (Å²) < 4.78 is 0. The molecule has 1 N–H and O–H groups in total. The molecule has 3 rings (SSSR count). The number of rotatable bonds is 2. The van der Waals surface area contributed by atoms with Gasteiger partial charge in [0.25, 0.3) is 0 Å². The van der Waals surface area contributed by atoms with Gasteiger partial charge in [0.05, 0.1) is 11.3 Å². The third-order valence-electron chi connectivity index (χ3n) is 3.78. The molecular weight excluding hydrogens is 282 g/mol. The summed E-state index contributed by atoms with van der Waals surface area (Å²) in [6.07, 6.45) is 0. The van der Waals surface area contributed by atoms with Crippen LogP contribution in [0, 0.1) is 13.8 Å². The van der Waals surface area contributed by atoms with Crippen molar-refractivity contribution in [2.75, 3.05) is 0 Å². The Balaban J connectivity index is 2.39. The number of halogens is 1. The Morgan fingerprint density at radius 1 is 1.10 bits per heavy atom. The fourth-order valence-electron chi connectivity index (χ4n) is 2.74. The molecule has 2 aromatic carbocycles. The number of benzene rings is 2. The summed E-state index contributed by atoms with van der Waals surface area (Å²) in [5.74, 6) is 0.0411. The number of aromatic nitrogens is 1. The number of aromatic amines is 1. The van der Waals surface area contributed by atoms with Crippen molar-refractivity contribution in [3.05, 3.63) is 58.1 Å². The molecule has 0 saturated heterocycles. The van der Waals surface area contributed by atoms with E-state index >= 15 is 0 Å². The van der Waals surface area contributed by atoms with Crippen molar-refractivity contribution in [2.45, 2.75) is 20.8 Å². The molecule has 106 valence electrons. The maximum Gasteiger partial charge on any atom is 0.162 e. The third-order valence-corrected chi connectivity index (χ3v) is 4.01. The fraction of sp³-hybridized carbons (Fsp3) is 0.167. The van der Waals surface area contributed by atoms with Crippen LogP contribution in [0.1, 0.15) is 28.4 Å². The van der Waals surface area contributed by atoms with E-state index in [2.05, 4.69) is 37.0 Å². The Kier molecular flexibility index (Phi) is 3.34. The summed E-state index contributed by atoms with van der Waals surface area (Å²) in [5, 5.41) is 1.52. The maximum absolute atomic E-state index is 12.2. The number of carbonyl (C=O) groups excluding carboxylic acids is 1. The van der Waals surface area contributed by atoms with E-state index in [9.17, 15) is 4.79 Å². The predicted molar refractivity (Wildman–Crippen MR) is 88.2 cm³/mol. The second kappa shape index (κ2) is 5.05. The molecule has 0 saturated carbocycles. The number of aryl methyl sites for hydroxylation is 2. The lowest BCUT2D eigenvalue weighted by molar-refractivity contribution is 0.102. The van der Waals surface area contributed by atoms with Crippen molar-refractivity contribution in [2.24, 2.45) is 0 Å². The molecule has 21 heavy (non-hydrogen) atoms. The van der Waals surface area contributed by atoms with Crippen molar-refractivity contribution in [3.8, 4) is 11.3 Å². The van der Waals surface area contributed by atoms with Crippen molar-refractivity contribution >= 4 is 28.3 Å². The second-order valence-corrected chi connectivity index (χ2v) is 5.88. The first-order valence-corrected chi connectivity index (χ1v) is 7.25. The van der Waals surface area contributed by atoms with Gasteiger partial charge in [0.15, 0.2) is 5.78 Å². The predicted octanol–water partition coefficient (Wildman–Crippen LogP) is 5.31. The van der Waals surface area contributed by atoms with Crippen LogP contribution in [0.4, 0.5) is 0 Å². The summed E-state index contributed by atoms with van der Waals surface area (Å²) in [5.41, 5.74) is 5.89. The number of nitrogens with one attached hydrogen (secondary N) is 1. The Hall–Kier alpha value is -2.06. The summed E-state index contributed by atoms with van der Waals surface area (Å²) in [4.78, 5) is 15.5. The minimum Gasteiger partial charge on any atom is -0.354 e. The quantitative estimate of drug-likeness (QED) is 0.639. The van der Waals surface area contributed by atoms with Crippen molar-refractivity contribution in [1.29, 1.82) is 0 Å². The first kappa shape index (κ1) is 13.9. The van der Waals surface area contributed by atoms with Crippen LogP contribution in [0.2, 0.25) is 5.02 Å². The number of hydrogen-bond donors (Lipinski definition) is 1. The molecule has 2 nitrogen and oxygen atoms in total. The molecule has 0 aliphatic rings. The normalized spacial score (nSPS) is 11.0. The fourth-order valence-corrected chi connectivity index (χ4v) is 2.91. The first-order valence-electron chi connectivity index (χ1n) is 6.87. The number of Topliss-reactive ketones (excluding diaryl/α,β-unsaturated/α-hetero) is 1. The third kappa shape index (κ3) is 2.36. The van der Waals surface area contributed by atoms with E-state index in [0.717, 1.165) is 27.7 Å². The molecule has 0 unspecified atom stereocenters. The lowest BCUT2D eigenvalue weighted by atomic mass is 9.97. The standard InChI is InChI=1S/C18H16ClNO/c1-10-4-5-11(2)14(8-10)18-17(12(3)21)15-9-13(19)6-7-16(15)20-18/h4-9,20H,1-3H3. The highest BCUT2D eigenvalue weighted by molar-refractivity contribution is 6.31. The van der Waals surface area contributed by atoms with Gasteiger partial charge in [-0.15, -0.1) is 0 Å². The van der Waals surface area contributed by atoms with E-state index in [-0.39, 0.29) is 5.78 Å². The van der Waals surface area contributed by atoms with Gasteiger partial charge in [-0.25, -0.2) is 0 Å². The monoisotopic (exact) mass is 297 g/mol. The van der Waals surface area contributed by atoms with Crippen molar-refractivity contribution in [3.63, 3.8) is 0 Å². The molecule has 1 aromatic heterocycles. The van der Waals surface area contributed by atoms with Gasteiger partial charge in [-0.3, -0.25) is 4.79 Å². The van der Waals surface area contributed by atoms with E-state index in [1.165, 1.54) is 5.56 Å². The molecule has 3 heteroatoms. The average molecular weight is 298 g/mol. The molecule has 0 aliphatic carbocycles. The number of H-pyrrole nitrogens is 1. The van der Waals surface area contributed by atoms with Crippen LogP contribution >= 0.6 is 11.6 Å². The van der Waals surface area contributed by atoms with Crippen LogP contribution in [0.5, 0.6) is 0 Å². The van der Waals surface area contributed by atoms with Gasteiger partial charge in [-0.2, -0.15) is 0 Å². The van der Waals surface area contributed by atoms with E-state index < -0.39 is 0 Å². The Bertz CT molecular complexity index is 861. The number of carbonyl (C=O) groups is 1. The Morgan fingerprint density at radius 2 is 1.86 bits per heavy atom. The van der Waals surface area contributed by atoms with Gasteiger partial charge >= 0.3 is 0 Å². The minimum absolute atomic E-state index is 0.0411. The van der Waals surface area contributed by atoms with Gasteiger partial charge in [-0.1, -0.05) is 29.3 Å². The second-order valence-electron chi connectivity index (χ2n) is 5.44. The number of fused-ring (bicyclic) bond motifs is 1. The zero-order chi connectivity index (χ0) is 15.1. The highest BCUT2D eigenvalue weighted by Gasteiger charge is 2.18. The smallest absolute Gasteiger partial charge is 0.162 e. The largest absolute Gasteiger partial charge is 0.354 e. The molecule has 0 radical (unpaired) electrons. The summed E-state index contributed by atoms with van der Waals surface area (Å²) in [6, 6.07) is 11.8. The van der Waals surface area contributed by atoms with Crippen molar-refractivity contribution < 1.29 is 4.79 Å². The minimum atomic E-state index is 0.0411. The lowest BCUT2D eigenvalue weighted by Crippen LogP contribution is -1.95. The summed E-state index contributed by atoms with van der Waals surface area (Å²) in [6.45, 7) is 5.70. The number of hydrogen-bond acceptors (Lipinski definition) is 1. The molecule has 0 atom stereocenters. The van der Waals surface area contributed by atoms with Crippen LogP contribution < -0.4 is 0 Å². The molecule has 0 amide bonds. The molecule has 0 aliphatic heterocycles. The maximum atomic E-state index is 12.2. The molecule has 0 spiro atoms. The van der Waals surface area contributed by atoms with Gasteiger partial charge in [0.2, 0.25) is 0 Å². The highest BCUT2D eigenvalue weighted by atomic mass is 35.5. The molecule has 0 bridgehead atoms. The zero-order valence-electron chi connectivity index (χ0n) is 12.3.